The van der Waals surface area contributed by atoms with Crippen LogP contribution in [0, 0.1) is 17.1 Å². The minimum Gasteiger partial charge on any atom is -0.384 e. The van der Waals surface area contributed by atoms with Crippen LogP contribution in [-0.2, 0) is 0 Å². The van der Waals surface area contributed by atoms with Crippen LogP contribution in [0.15, 0.2) is 30.5 Å². The molecule has 0 fully saturated rings. The molecule has 0 radical (unpaired) electrons. The third-order valence-electron chi connectivity index (χ3n) is 2.55. The Morgan fingerprint density at radius 2 is 1.94 bits per heavy atom. The maximum absolute atomic E-state index is 12.8. The molecule has 0 bridgehead atoms. The van der Waals surface area contributed by atoms with Crippen LogP contribution in [0.3, 0.4) is 0 Å². The minimum absolute atomic E-state index is 0.288. The highest BCUT2D eigenvalue weighted by Gasteiger charge is 2.22. The van der Waals surface area contributed by atoms with Gasteiger partial charge in [0.1, 0.15) is 11.9 Å². The number of H-pyrrole nitrogens is 1. The van der Waals surface area contributed by atoms with Gasteiger partial charge in [-0.05, 0) is 24.3 Å². The second-order valence-electron chi connectivity index (χ2n) is 3.73. The number of nitrogens with one attached hydrogen (secondary N) is 1. The van der Waals surface area contributed by atoms with E-state index in [1.54, 1.807) is 6.07 Å². The van der Waals surface area contributed by atoms with E-state index in [9.17, 15) is 14.6 Å². The first kappa shape index (κ1) is 12.2. The van der Waals surface area contributed by atoms with Crippen LogP contribution < -0.4 is 0 Å². The van der Waals surface area contributed by atoms with Crippen LogP contribution >= 0.6 is 0 Å². The summed E-state index contributed by atoms with van der Waals surface area (Å²) in [5.41, 5.74) is 1.33. The molecule has 1 aromatic heterocycles. The molecule has 0 amide bonds. The lowest BCUT2D eigenvalue weighted by Gasteiger charge is -2.11. The van der Waals surface area contributed by atoms with Gasteiger partial charge in [-0.2, -0.15) is 10.4 Å². The van der Waals surface area contributed by atoms with E-state index in [1.165, 1.54) is 30.5 Å². The van der Waals surface area contributed by atoms with Gasteiger partial charge < -0.3 is 10.2 Å². The summed E-state index contributed by atoms with van der Waals surface area (Å²) in [5.74, 6) is -0.377. The lowest BCUT2D eigenvalue weighted by molar-refractivity contribution is 0.0532. The first-order valence-electron chi connectivity index (χ1n) is 5.18. The summed E-state index contributed by atoms with van der Waals surface area (Å²) >= 11 is 0. The Balaban J connectivity index is 2.39. The average Bonchev–Trinajstić information content (AvgIpc) is 2.87. The number of nitrogens with zero attached hydrogens (tertiary/aromatic N) is 2. The first-order chi connectivity index (χ1) is 8.63. The predicted molar refractivity (Wildman–Crippen MR) is 60.6 cm³/mol. The predicted octanol–water partition coefficient (Wildman–Crippen LogP) is 1.13. The third-order valence-corrected chi connectivity index (χ3v) is 2.55. The van der Waals surface area contributed by atoms with E-state index >= 15 is 0 Å². The Bertz CT molecular complexity index is 574. The van der Waals surface area contributed by atoms with Crippen molar-refractivity contribution in [1.82, 2.24) is 10.2 Å². The molecule has 3 N–H and O–H groups in total. The number of halogens is 1. The Morgan fingerprint density at radius 1 is 1.28 bits per heavy atom. The molecule has 0 aliphatic heterocycles. The Hall–Kier alpha value is -2.23. The molecule has 92 valence electrons. The molecule has 2 unspecified atom stereocenters. The van der Waals surface area contributed by atoms with Crippen molar-refractivity contribution >= 4 is 0 Å². The zero-order chi connectivity index (χ0) is 13.1. The van der Waals surface area contributed by atoms with Gasteiger partial charge in [-0.15, -0.1) is 0 Å². The number of nitriles is 1. The molecule has 1 heterocycles. The Kier molecular flexibility index (Phi) is 3.37. The maximum Gasteiger partial charge on any atom is 0.170 e. The van der Waals surface area contributed by atoms with Crippen molar-refractivity contribution in [3.63, 3.8) is 0 Å². The van der Waals surface area contributed by atoms with Crippen molar-refractivity contribution in [2.75, 3.05) is 0 Å². The van der Waals surface area contributed by atoms with Gasteiger partial charge in [0.15, 0.2) is 6.10 Å². The van der Waals surface area contributed by atoms with Gasteiger partial charge in [-0.25, -0.2) is 4.39 Å². The normalized spacial score (nSPS) is 13.9. The summed E-state index contributed by atoms with van der Waals surface area (Å²) in [5, 5.41) is 34.0. The summed E-state index contributed by atoms with van der Waals surface area (Å²) < 4.78 is 12.8. The van der Waals surface area contributed by atoms with Gasteiger partial charge in [0.25, 0.3) is 0 Å². The molecule has 0 aliphatic rings. The summed E-state index contributed by atoms with van der Waals surface area (Å²) in [6, 6.07) is 7.11. The molecule has 2 aromatic rings. The van der Waals surface area contributed by atoms with Gasteiger partial charge in [0, 0.05) is 11.1 Å². The second-order valence-corrected chi connectivity index (χ2v) is 3.73. The number of hydrogen-bond acceptors (Lipinski definition) is 4. The lowest BCUT2D eigenvalue weighted by atomic mass is 10.0. The third kappa shape index (κ3) is 2.22. The largest absolute Gasteiger partial charge is 0.384 e. The molecule has 2 rings (SSSR count). The summed E-state index contributed by atoms with van der Waals surface area (Å²) in [4.78, 5) is 0. The fourth-order valence-electron chi connectivity index (χ4n) is 1.61. The fourth-order valence-corrected chi connectivity index (χ4v) is 1.61. The molecule has 0 aliphatic carbocycles. The van der Waals surface area contributed by atoms with Gasteiger partial charge in [-0.1, -0.05) is 0 Å². The molecule has 1 aromatic carbocycles. The van der Waals surface area contributed by atoms with Crippen molar-refractivity contribution in [3.05, 3.63) is 41.8 Å². The van der Waals surface area contributed by atoms with E-state index in [-0.39, 0.29) is 11.4 Å². The molecule has 5 nitrogen and oxygen atoms in total. The number of aromatic nitrogens is 2. The smallest absolute Gasteiger partial charge is 0.170 e. The van der Waals surface area contributed by atoms with Crippen LogP contribution in [-0.4, -0.2) is 26.5 Å². The second kappa shape index (κ2) is 4.96. The minimum atomic E-state index is -1.54. The maximum atomic E-state index is 12.8. The fraction of sp³-hybridized carbons (Fsp3) is 0.167. The van der Waals surface area contributed by atoms with Gasteiger partial charge in [0.05, 0.1) is 18.0 Å². The molecule has 0 saturated carbocycles. The highest BCUT2D eigenvalue weighted by atomic mass is 19.1. The van der Waals surface area contributed by atoms with Crippen molar-refractivity contribution < 1.29 is 14.6 Å². The van der Waals surface area contributed by atoms with E-state index in [4.69, 9.17) is 5.26 Å². The zero-order valence-electron chi connectivity index (χ0n) is 9.21. The van der Waals surface area contributed by atoms with Crippen LogP contribution in [0.4, 0.5) is 4.39 Å². The summed E-state index contributed by atoms with van der Waals surface area (Å²) in [6.07, 6.45) is -1.58. The highest BCUT2D eigenvalue weighted by Crippen LogP contribution is 2.27. The number of aromatic amines is 1. The Labute approximate surface area is 102 Å². The van der Waals surface area contributed by atoms with Gasteiger partial charge >= 0.3 is 0 Å². The highest BCUT2D eigenvalue weighted by molar-refractivity contribution is 5.63. The van der Waals surface area contributed by atoms with Crippen molar-refractivity contribution in [2.24, 2.45) is 0 Å². The zero-order valence-corrected chi connectivity index (χ0v) is 9.21. The van der Waals surface area contributed by atoms with Crippen molar-refractivity contribution in [3.8, 4) is 17.3 Å². The van der Waals surface area contributed by atoms with Crippen molar-refractivity contribution in [2.45, 2.75) is 12.2 Å². The van der Waals surface area contributed by atoms with Crippen LogP contribution in [0.5, 0.6) is 0 Å². The molecular formula is C12H10FN3O2. The van der Waals surface area contributed by atoms with Crippen LogP contribution in [0.2, 0.25) is 0 Å². The molecular weight excluding hydrogens is 237 g/mol. The van der Waals surface area contributed by atoms with Gasteiger partial charge in [-0.3, -0.25) is 5.10 Å². The molecule has 0 spiro atoms. The molecule has 0 saturated heterocycles. The number of aliphatic hydroxyl groups is 2. The number of rotatable bonds is 3. The SMILES string of the molecule is N#CC(O)C(O)c1cn[nH]c1-c1ccc(F)cc1. The number of benzene rings is 1. The van der Waals surface area contributed by atoms with E-state index in [1.807, 2.05) is 0 Å². The Morgan fingerprint density at radius 3 is 2.56 bits per heavy atom. The number of aliphatic hydroxyl groups excluding tert-OH is 2. The lowest BCUT2D eigenvalue weighted by Crippen LogP contribution is -2.15. The molecule has 18 heavy (non-hydrogen) atoms. The molecule has 6 heteroatoms. The topological polar surface area (TPSA) is 92.9 Å². The quantitative estimate of drug-likeness (QED) is 0.709. The van der Waals surface area contributed by atoms with E-state index < -0.39 is 12.2 Å². The van der Waals surface area contributed by atoms with Crippen LogP contribution in [0.25, 0.3) is 11.3 Å². The standard InChI is InChI=1S/C12H10FN3O2/c13-8-3-1-7(2-4-8)11-9(6-15-16-11)12(18)10(17)5-14/h1-4,6,10,12,17-18H,(H,15,16). The van der Waals surface area contributed by atoms with Gasteiger partial charge in [0.2, 0.25) is 0 Å². The van der Waals surface area contributed by atoms with E-state index in [2.05, 4.69) is 10.2 Å². The van der Waals surface area contributed by atoms with E-state index in [0.717, 1.165) is 0 Å². The monoisotopic (exact) mass is 247 g/mol. The van der Waals surface area contributed by atoms with Crippen molar-refractivity contribution in [1.29, 1.82) is 5.26 Å². The molecule has 2 atom stereocenters. The first-order valence-corrected chi connectivity index (χ1v) is 5.18. The average molecular weight is 247 g/mol. The number of hydrogen-bond donors (Lipinski definition) is 3. The van der Waals surface area contributed by atoms with Crippen LogP contribution in [0.1, 0.15) is 11.7 Å². The van der Waals surface area contributed by atoms with E-state index in [0.29, 0.717) is 11.3 Å². The summed E-state index contributed by atoms with van der Waals surface area (Å²) in [7, 11) is 0. The summed E-state index contributed by atoms with van der Waals surface area (Å²) in [6.45, 7) is 0.